The maximum absolute atomic E-state index is 11.4. The van der Waals surface area contributed by atoms with E-state index in [0.717, 1.165) is 11.8 Å². The number of nitriles is 1. The summed E-state index contributed by atoms with van der Waals surface area (Å²) in [6.45, 7) is 0.878. The zero-order valence-electron chi connectivity index (χ0n) is 15.5. The molecule has 0 spiro atoms. The number of nitrogens with zero attached hydrogens (tertiary/aromatic N) is 2. The summed E-state index contributed by atoms with van der Waals surface area (Å²) in [7, 11) is -3.38. The number of aliphatic imine (C=N–C) groups is 1. The van der Waals surface area contributed by atoms with Gasteiger partial charge in [0.1, 0.15) is 6.61 Å². The van der Waals surface area contributed by atoms with E-state index in [-0.39, 0.29) is 13.2 Å². The van der Waals surface area contributed by atoms with Gasteiger partial charge in [-0.15, -0.1) is 11.6 Å². The second-order valence-electron chi connectivity index (χ2n) is 5.80. The molecule has 0 saturated heterocycles. The van der Waals surface area contributed by atoms with Gasteiger partial charge in [0, 0.05) is 0 Å². The van der Waals surface area contributed by atoms with E-state index >= 15 is 0 Å². The molecule has 1 aliphatic heterocycles. The molecule has 0 radical (unpaired) electrons. The van der Waals surface area contributed by atoms with Crippen LogP contribution in [0.15, 0.2) is 37.2 Å². The van der Waals surface area contributed by atoms with Crippen molar-refractivity contribution in [2.24, 2.45) is 4.99 Å². The van der Waals surface area contributed by atoms with Crippen LogP contribution in [-0.4, -0.2) is 46.1 Å². The van der Waals surface area contributed by atoms with Gasteiger partial charge in [-0.3, -0.25) is 0 Å². The van der Waals surface area contributed by atoms with Crippen molar-refractivity contribution < 1.29 is 39.1 Å². The van der Waals surface area contributed by atoms with Gasteiger partial charge < -0.3 is 0 Å². The van der Waals surface area contributed by atoms with Gasteiger partial charge in [-0.2, -0.15) is 0 Å². The number of sulfonamides is 1. The predicted molar refractivity (Wildman–Crippen MR) is 110 cm³/mol. The van der Waals surface area contributed by atoms with E-state index in [4.69, 9.17) is 32.7 Å². The number of rotatable bonds is 10. The molecule has 0 aliphatic carbocycles. The number of hydrogen-bond acceptors (Lipinski definition) is 6. The van der Waals surface area contributed by atoms with E-state index in [2.05, 4.69) is 15.8 Å². The Morgan fingerprint density at radius 3 is 2.83 bits per heavy atom. The van der Waals surface area contributed by atoms with Gasteiger partial charge in [0.05, 0.1) is 5.88 Å². The molecule has 1 aromatic rings. The Balaban J connectivity index is 1.94. The first-order chi connectivity index (χ1) is 13.8. The monoisotopic (exact) mass is 570 g/mol. The normalized spacial score (nSPS) is 14.1. The molecule has 0 aromatic heterocycles. The molecule has 1 N–H and O–H groups in total. The molecule has 1 aromatic carbocycles. The van der Waals surface area contributed by atoms with Crippen LogP contribution in [0.5, 0.6) is 5.75 Å². The Morgan fingerprint density at radius 1 is 1.34 bits per heavy atom. The third kappa shape index (κ3) is 8.52. The fourth-order valence-corrected chi connectivity index (χ4v) is 4.80. The summed E-state index contributed by atoms with van der Waals surface area (Å²) in [5.74, 6) is 0.952. The Hall–Kier alpha value is -1.32. The van der Waals surface area contributed by atoms with E-state index in [1.807, 2.05) is 10.2 Å². The van der Waals surface area contributed by atoms with Crippen LogP contribution >= 0.6 is 23.2 Å². The summed E-state index contributed by atoms with van der Waals surface area (Å²) in [5.41, 5.74) is 1.82. The van der Waals surface area contributed by atoms with Gasteiger partial charge in [0.25, 0.3) is 0 Å². The molecular formula is C18H19Cl2IN3O4S-. The molecule has 0 unspecified atom stereocenters. The number of alkyl halides is 1. The quantitative estimate of drug-likeness (QED) is 0.238. The van der Waals surface area contributed by atoms with Gasteiger partial charge in [-0.25, -0.2) is 0 Å². The molecule has 0 amide bonds. The van der Waals surface area contributed by atoms with Gasteiger partial charge in [0.15, 0.2) is 0 Å². The second-order valence-corrected chi connectivity index (χ2v) is 10.4. The summed E-state index contributed by atoms with van der Waals surface area (Å²) < 4.78 is 40.1. The molecule has 1 aliphatic rings. The molecule has 11 heteroatoms. The van der Waals surface area contributed by atoms with Crippen molar-refractivity contribution in [3.05, 3.63) is 48.3 Å². The minimum absolute atomic E-state index is 0.235. The average molecular weight is 571 g/mol. The summed E-state index contributed by atoms with van der Waals surface area (Å²) >= 11 is 11.4. The minimum atomic E-state index is -3.38. The summed E-state index contributed by atoms with van der Waals surface area (Å²) in [6.07, 6.45) is 3.47. The van der Waals surface area contributed by atoms with E-state index in [1.54, 1.807) is 16.2 Å². The Labute approximate surface area is 190 Å². The van der Waals surface area contributed by atoms with Crippen molar-refractivity contribution in [2.75, 3.05) is 32.0 Å². The fourth-order valence-electron chi connectivity index (χ4n) is 2.27. The summed E-state index contributed by atoms with van der Waals surface area (Å²) in [6, 6.07) is 5.52. The second kappa shape index (κ2) is 11.8. The zero-order chi connectivity index (χ0) is 21.3. The molecule has 158 valence electrons. The van der Waals surface area contributed by atoms with Crippen molar-refractivity contribution in [3.63, 3.8) is 0 Å². The molecule has 0 saturated carbocycles. The van der Waals surface area contributed by atoms with Crippen LogP contribution in [0.4, 0.5) is 0 Å². The number of hydrogen-bond donors (Lipinski definition) is 1. The molecule has 0 atom stereocenters. The van der Waals surface area contributed by atoms with Crippen LogP contribution in [0.25, 0.3) is 0 Å². The van der Waals surface area contributed by atoms with E-state index in [1.165, 1.54) is 0 Å². The SMILES string of the molecule is CS(=O)(=O)NC1=C[I-]C=CC(COCCc2cc(Cl)c(OCCCl)c(C#N)c2)=N1. The van der Waals surface area contributed by atoms with Gasteiger partial charge >= 0.3 is 167 Å². The fraction of sp³-hybridized carbons (Fsp3) is 0.333. The standard InChI is InChI=1S/C18H19Cl2IN3O4S/c1-29(25,26)24-17-10-21-5-2-15(23-17)12-27-6-3-13-8-14(11-22)18(16(20)9-13)28-7-4-19/h2,5,8-10,24H,3-4,6-7,12H2,1H3/q-1. The first-order valence-electron chi connectivity index (χ1n) is 8.35. The number of benzene rings is 1. The van der Waals surface area contributed by atoms with Crippen molar-refractivity contribution in [1.82, 2.24) is 4.72 Å². The first kappa shape index (κ1) is 24.0. The third-order valence-electron chi connectivity index (χ3n) is 3.38. The molecule has 29 heavy (non-hydrogen) atoms. The van der Waals surface area contributed by atoms with Gasteiger partial charge in [-0.1, -0.05) is 0 Å². The Bertz CT molecular complexity index is 972. The Kier molecular flexibility index (Phi) is 9.71. The third-order valence-corrected chi connectivity index (χ3v) is 6.12. The summed E-state index contributed by atoms with van der Waals surface area (Å²) in [5, 5.41) is 9.67. The van der Waals surface area contributed by atoms with Crippen molar-refractivity contribution in [2.45, 2.75) is 6.42 Å². The van der Waals surface area contributed by atoms with Crippen LogP contribution in [-0.2, 0) is 21.2 Å². The van der Waals surface area contributed by atoms with Crippen molar-refractivity contribution >= 4 is 38.9 Å². The number of ether oxygens (including phenoxy) is 2. The Morgan fingerprint density at radius 2 is 2.14 bits per heavy atom. The van der Waals surface area contributed by atoms with Crippen LogP contribution in [0, 0.1) is 11.3 Å². The van der Waals surface area contributed by atoms with Crippen LogP contribution < -0.4 is 30.7 Å². The topological polar surface area (TPSA) is 101 Å². The molecular weight excluding hydrogens is 552 g/mol. The molecule has 0 fully saturated rings. The van der Waals surface area contributed by atoms with Crippen LogP contribution in [0.2, 0.25) is 5.02 Å². The van der Waals surface area contributed by atoms with Crippen molar-refractivity contribution in [3.8, 4) is 11.8 Å². The average Bonchev–Trinajstić information content (AvgIpc) is 2.87. The maximum atomic E-state index is 11.4. The van der Waals surface area contributed by atoms with Crippen LogP contribution in [0.3, 0.4) is 0 Å². The van der Waals surface area contributed by atoms with Crippen LogP contribution in [0.1, 0.15) is 11.1 Å². The van der Waals surface area contributed by atoms with Gasteiger partial charge in [-0.05, 0) is 0 Å². The summed E-state index contributed by atoms with van der Waals surface area (Å²) in [4.78, 5) is 4.30. The van der Waals surface area contributed by atoms with Crippen molar-refractivity contribution in [1.29, 1.82) is 5.26 Å². The van der Waals surface area contributed by atoms with E-state index in [0.29, 0.717) is 46.8 Å². The molecule has 7 nitrogen and oxygen atoms in total. The molecule has 2 rings (SSSR count). The van der Waals surface area contributed by atoms with Gasteiger partial charge in [0.2, 0.25) is 0 Å². The number of halogens is 3. The first-order valence-corrected chi connectivity index (χ1v) is 13.6. The van der Waals surface area contributed by atoms with E-state index in [9.17, 15) is 13.7 Å². The predicted octanol–water partition coefficient (Wildman–Crippen LogP) is -0.206. The van der Waals surface area contributed by atoms with E-state index < -0.39 is 31.2 Å². The zero-order valence-corrected chi connectivity index (χ0v) is 20.0. The number of nitrogens with one attached hydrogen (secondary N) is 1. The molecule has 1 heterocycles. The molecule has 0 bridgehead atoms.